The number of fused-ring (bicyclic) bond motifs is 8. The van der Waals surface area contributed by atoms with Crippen LogP contribution < -0.4 is 4.90 Å². The zero-order chi connectivity index (χ0) is 33.4. The van der Waals surface area contributed by atoms with Crippen LogP contribution in [0.2, 0.25) is 0 Å². The van der Waals surface area contributed by atoms with Gasteiger partial charge in [-0.3, -0.25) is 0 Å². The summed E-state index contributed by atoms with van der Waals surface area (Å²) in [4.78, 5) is 3.82. The van der Waals surface area contributed by atoms with Crippen LogP contribution in [0.4, 0.5) is 17.1 Å². The van der Waals surface area contributed by atoms with Gasteiger partial charge in [-0.25, -0.2) is 0 Å². The van der Waals surface area contributed by atoms with Gasteiger partial charge in [0.25, 0.3) is 0 Å². The van der Waals surface area contributed by atoms with Crippen LogP contribution in [-0.2, 0) is 5.41 Å². The number of anilines is 3. The van der Waals surface area contributed by atoms with Gasteiger partial charge >= 0.3 is 0 Å². The maximum absolute atomic E-state index is 2.43. The van der Waals surface area contributed by atoms with Crippen molar-refractivity contribution in [1.82, 2.24) is 0 Å². The third-order valence-corrected chi connectivity index (χ3v) is 12.8. The van der Waals surface area contributed by atoms with Gasteiger partial charge in [0.1, 0.15) is 0 Å². The van der Waals surface area contributed by atoms with E-state index in [4.69, 9.17) is 0 Å². The summed E-state index contributed by atoms with van der Waals surface area (Å²) in [5.41, 5.74) is 12.6. The fraction of sp³-hybridized carbons (Fsp3) is 0.0638. The van der Waals surface area contributed by atoms with Gasteiger partial charge in [0.15, 0.2) is 0 Å². The van der Waals surface area contributed by atoms with E-state index in [0.717, 1.165) is 17.1 Å². The number of thiophene rings is 2. The summed E-state index contributed by atoms with van der Waals surface area (Å²) in [5.74, 6) is 0. The number of nitrogens with zero attached hydrogens (tertiary/aromatic N) is 1. The van der Waals surface area contributed by atoms with Crippen LogP contribution >= 0.6 is 22.7 Å². The molecular formula is C47H33NS2. The van der Waals surface area contributed by atoms with Crippen molar-refractivity contribution in [3.8, 4) is 32.7 Å². The average molecular weight is 676 g/mol. The molecule has 0 unspecified atom stereocenters. The molecule has 0 radical (unpaired) electrons. The van der Waals surface area contributed by atoms with Crippen molar-refractivity contribution in [2.24, 2.45) is 0 Å². The third kappa shape index (κ3) is 4.58. The van der Waals surface area contributed by atoms with Crippen LogP contribution in [-0.4, -0.2) is 0 Å². The van der Waals surface area contributed by atoms with E-state index in [2.05, 4.69) is 183 Å². The minimum atomic E-state index is -0.0482. The van der Waals surface area contributed by atoms with E-state index in [1.165, 1.54) is 74.1 Å². The van der Waals surface area contributed by atoms with Crippen LogP contribution in [0.25, 0.3) is 63.0 Å². The Morgan fingerprint density at radius 3 is 1.68 bits per heavy atom. The second-order valence-corrected chi connectivity index (χ2v) is 15.9. The first-order valence-electron chi connectivity index (χ1n) is 17.2. The highest BCUT2D eigenvalue weighted by Gasteiger charge is 2.38. The van der Waals surface area contributed by atoms with Gasteiger partial charge in [0, 0.05) is 52.2 Å². The molecule has 0 atom stereocenters. The van der Waals surface area contributed by atoms with Gasteiger partial charge in [0.05, 0.1) is 0 Å². The number of hydrogen-bond donors (Lipinski definition) is 0. The van der Waals surface area contributed by atoms with E-state index in [1.54, 1.807) is 0 Å². The van der Waals surface area contributed by atoms with E-state index in [-0.39, 0.29) is 5.41 Å². The molecule has 0 fully saturated rings. The lowest BCUT2D eigenvalue weighted by atomic mass is 9.80. The maximum atomic E-state index is 2.43. The Morgan fingerprint density at radius 2 is 0.960 bits per heavy atom. The molecule has 238 valence electrons. The quantitative estimate of drug-likeness (QED) is 0.175. The molecule has 7 aromatic carbocycles. The van der Waals surface area contributed by atoms with E-state index < -0.39 is 0 Å². The zero-order valence-corrected chi connectivity index (χ0v) is 29.5. The number of benzene rings is 7. The molecule has 0 aliphatic heterocycles. The van der Waals surface area contributed by atoms with Gasteiger partial charge < -0.3 is 4.90 Å². The maximum Gasteiger partial charge on any atom is 0.0468 e. The average Bonchev–Trinajstić information content (AvgIpc) is 3.81. The van der Waals surface area contributed by atoms with Crippen LogP contribution in [0.15, 0.2) is 164 Å². The summed E-state index contributed by atoms with van der Waals surface area (Å²) in [6.45, 7) is 4.77. The largest absolute Gasteiger partial charge is 0.310 e. The van der Waals surface area contributed by atoms with Crippen molar-refractivity contribution in [3.63, 3.8) is 0 Å². The van der Waals surface area contributed by atoms with Crippen molar-refractivity contribution >= 4 is 70.0 Å². The molecule has 1 aliphatic rings. The normalized spacial score (nSPS) is 13.2. The molecule has 1 aliphatic carbocycles. The molecule has 0 amide bonds. The molecule has 2 heterocycles. The fourth-order valence-electron chi connectivity index (χ4n) is 7.97. The molecule has 1 nitrogen and oxygen atoms in total. The molecule has 0 bridgehead atoms. The predicted molar refractivity (Wildman–Crippen MR) is 218 cm³/mol. The van der Waals surface area contributed by atoms with E-state index in [1.807, 2.05) is 22.7 Å². The monoisotopic (exact) mass is 675 g/mol. The Balaban J connectivity index is 1.05. The number of hydrogen-bond acceptors (Lipinski definition) is 3. The first-order valence-corrected chi connectivity index (χ1v) is 18.8. The molecule has 0 saturated carbocycles. The van der Waals surface area contributed by atoms with Crippen LogP contribution in [0.1, 0.15) is 25.0 Å². The zero-order valence-electron chi connectivity index (χ0n) is 27.9. The number of rotatable bonds is 5. The fourth-order valence-corrected chi connectivity index (χ4v) is 10.5. The van der Waals surface area contributed by atoms with Gasteiger partial charge in [-0.15, -0.1) is 22.7 Å². The lowest BCUT2D eigenvalue weighted by Crippen LogP contribution is -2.15. The lowest BCUT2D eigenvalue weighted by Gasteiger charge is -2.26. The lowest BCUT2D eigenvalue weighted by molar-refractivity contribution is 0.667. The predicted octanol–water partition coefficient (Wildman–Crippen LogP) is 14.4. The van der Waals surface area contributed by atoms with E-state index >= 15 is 0 Å². The minimum Gasteiger partial charge on any atom is -0.310 e. The molecule has 0 N–H and O–H groups in total. The van der Waals surface area contributed by atoms with Crippen LogP contribution in [0.5, 0.6) is 0 Å². The highest BCUT2D eigenvalue weighted by atomic mass is 32.1. The Morgan fingerprint density at radius 1 is 0.420 bits per heavy atom. The SMILES string of the molecule is CC1(C)c2cc(-c3ccc(N(c4ccc(-c5ccccc5)cc4)c4ccc5sc6ccccc6c5c4)cc3)ccc2-c2sc3ccccc3c21. The summed E-state index contributed by atoms with van der Waals surface area (Å²) < 4.78 is 4.01. The van der Waals surface area contributed by atoms with Crippen molar-refractivity contribution < 1.29 is 0 Å². The van der Waals surface area contributed by atoms with Gasteiger partial charge in [-0.05, 0) is 105 Å². The second kappa shape index (κ2) is 11.3. The van der Waals surface area contributed by atoms with Crippen molar-refractivity contribution in [1.29, 1.82) is 0 Å². The summed E-state index contributed by atoms with van der Waals surface area (Å²) in [6.07, 6.45) is 0. The highest BCUT2D eigenvalue weighted by molar-refractivity contribution is 7.25. The summed E-state index contributed by atoms with van der Waals surface area (Å²) >= 11 is 3.79. The van der Waals surface area contributed by atoms with Crippen molar-refractivity contribution in [3.05, 3.63) is 175 Å². The van der Waals surface area contributed by atoms with Crippen molar-refractivity contribution in [2.45, 2.75) is 19.3 Å². The van der Waals surface area contributed by atoms with E-state index in [0.29, 0.717) is 0 Å². The molecule has 0 spiro atoms. The van der Waals surface area contributed by atoms with Gasteiger partial charge in [-0.2, -0.15) is 0 Å². The molecule has 10 rings (SSSR count). The topological polar surface area (TPSA) is 3.24 Å². The first kappa shape index (κ1) is 29.4. The second-order valence-electron chi connectivity index (χ2n) is 13.8. The Hall–Kier alpha value is -5.48. The minimum absolute atomic E-state index is 0.0482. The Labute approximate surface area is 300 Å². The Kier molecular flexibility index (Phi) is 6.64. The molecule has 9 aromatic rings. The molecule has 0 saturated heterocycles. The van der Waals surface area contributed by atoms with E-state index in [9.17, 15) is 0 Å². The first-order chi connectivity index (χ1) is 24.5. The summed E-state index contributed by atoms with van der Waals surface area (Å²) in [5, 5.41) is 4.00. The highest BCUT2D eigenvalue weighted by Crippen LogP contribution is 2.56. The molecular weight excluding hydrogens is 643 g/mol. The smallest absolute Gasteiger partial charge is 0.0468 e. The molecule has 50 heavy (non-hydrogen) atoms. The van der Waals surface area contributed by atoms with Crippen LogP contribution in [0, 0.1) is 0 Å². The third-order valence-electron chi connectivity index (χ3n) is 10.5. The molecule has 2 aromatic heterocycles. The summed E-state index contributed by atoms with van der Waals surface area (Å²) in [7, 11) is 0. The van der Waals surface area contributed by atoms with Gasteiger partial charge in [0.2, 0.25) is 0 Å². The Bertz CT molecular complexity index is 2710. The van der Waals surface area contributed by atoms with Crippen LogP contribution in [0.3, 0.4) is 0 Å². The molecule has 3 heteroatoms. The van der Waals surface area contributed by atoms with Crippen molar-refractivity contribution in [2.75, 3.05) is 4.90 Å². The van der Waals surface area contributed by atoms with Gasteiger partial charge in [-0.1, -0.05) is 117 Å². The standard InChI is InChI=1S/C47H33NS2/c1-47(2)41-28-33(20-26-38(41)46-45(47)39-13-7-9-15-43(39)50-46)32-18-23-35(24-19-32)48(34-21-16-31(17-22-34)30-10-4-3-5-11-30)36-25-27-44-40(29-36)37-12-6-8-14-42(37)49-44/h3-29H,1-2H3. The summed E-state index contributed by atoms with van der Waals surface area (Å²) in [6, 6.07) is 60.3.